The van der Waals surface area contributed by atoms with E-state index in [4.69, 9.17) is 0 Å². The first-order chi connectivity index (χ1) is 8.63. The summed E-state index contributed by atoms with van der Waals surface area (Å²) < 4.78 is 39.0. The van der Waals surface area contributed by atoms with E-state index < -0.39 is 30.1 Å². The van der Waals surface area contributed by atoms with Gasteiger partial charge in [0.15, 0.2) is 0 Å². The third-order valence-electron chi connectivity index (χ3n) is 3.02. The maximum atomic E-state index is 13.0. The number of hydrogen-bond acceptors (Lipinski definition) is 3. The maximum absolute atomic E-state index is 13.0. The van der Waals surface area contributed by atoms with E-state index in [0.29, 0.717) is 12.8 Å². The summed E-state index contributed by atoms with van der Waals surface area (Å²) in [4.78, 5) is 11.8. The van der Waals surface area contributed by atoms with E-state index in [0.717, 1.165) is 6.42 Å². The van der Waals surface area contributed by atoms with E-state index in [9.17, 15) is 23.1 Å². The highest BCUT2D eigenvalue weighted by Crippen LogP contribution is 2.41. The molecular formula is C12H19F3N2O2. The van der Waals surface area contributed by atoms with Crippen LogP contribution in [0.5, 0.6) is 0 Å². The molecule has 0 unspecified atom stereocenters. The molecule has 1 aliphatic heterocycles. The van der Waals surface area contributed by atoms with Crippen molar-refractivity contribution in [3.05, 3.63) is 0 Å². The van der Waals surface area contributed by atoms with Crippen molar-refractivity contribution < 1.29 is 23.1 Å². The molecule has 1 aliphatic rings. The number of carbonyl (C=O) groups excluding carboxylic acids is 1. The molecule has 7 heteroatoms. The van der Waals surface area contributed by atoms with Gasteiger partial charge < -0.3 is 5.11 Å². The Kier molecular flexibility index (Phi) is 4.60. The van der Waals surface area contributed by atoms with E-state index in [2.05, 4.69) is 5.10 Å². The van der Waals surface area contributed by atoms with Crippen LogP contribution in [-0.4, -0.2) is 33.6 Å². The van der Waals surface area contributed by atoms with Crippen LogP contribution < -0.4 is 0 Å². The van der Waals surface area contributed by atoms with E-state index in [1.165, 1.54) is 13.8 Å². The van der Waals surface area contributed by atoms with Crippen molar-refractivity contribution in [2.24, 2.45) is 11.0 Å². The number of hydrazone groups is 1. The normalized spacial score (nSPS) is 24.0. The Labute approximate surface area is 110 Å². The number of aliphatic hydroxyl groups is 1. The number of unbranched alkanes of at least 4 members (excludes halogenated alkanes) is 1. The highest BCUT2D eigenvalue weighted by Gasteiger charge is 2.63. The summed E-state index contributed by atoms with van der Waals surface area (Å²) in [5.74, 6) is -1.49. The SMILES string of the molecule is CCCCC1=NN(C(=O)C(C)C)[C@@](O)(C(F)(F)F)C1. The standard InChI is InChI=1S/C12H19F3N2O2/c1-4-5-6-9-7-11(19,12(13,14)15)17(16-9)10(18)8(2)3/h8,19H,4-7H2,1-3H3/t11-/m0/s1. The summed E-state index contributed by atoms with van der Waals surface area (Å²) in [6, 6.07) is 0. The van der Waals surface area contributed by atoms with Gasteiger partial charge in [0.25, 0.3) is 5.72 Å². The summed E-state index contributed by atoms with van der Waals surface area (Å²) >= 11 is 0. The lowest BCUT2D eigenvalue weighted by Crippen LogP contribution is -2.57. The third-order valence-corrected chi connectivity index (χ3v) is 3.02. The van der Waals surface area contributed by atoms with E-state index in [1.807, 2.05) is 6.92 Å². The van der Waals surface area contributed by atoms with Crippen molar-refractivity contribution in [1.29, 1.82) is 0 Å². The summed E-state index contributed by atoms with van der Waals surface area (Å²) in [6.45, 7) is 4.85. The van der Waals surface area contributed by atoms with Gasteiger partial charge in [-0.1, -0.05) is 27.2 Å². The minimum atomic E-state index is -4.92. The topological polar surface area (TPSA) is 52.9 Å². The zero-order valence-corrected chi connectivity index (χ0v) is 11.3. The zero-order valence-electron chi connectivity index (χ0n) is 11.3. The molecule has 1 N–H and O–H groups in total. The van der Waals surface area contributed by atoms with Crippen LogP contribution in [0.25, 0.3) is 0 Å². The quantitative estimate of drug-likeness (QED) is 0.860. The summed E-state index contributed by atoms with van der Waals surface area (Å²) in [6.07, 6.45) is -3.74. The van der Waals surface area contributed by atoms with Crippen LogP contribution in [0.4, 0.5) is 13.2 Å². The van der Waals surface area contributed by atoms with Crippen LogP contribution in [0.1, 0.15) is 46.5 Å². The Morgan fingerprint density at radius 2 is 2.11 bits per heavy atom. The lowest BCUT2D eigenvalue weighted by Gasteiger charge is -2.33. The predicted molar refractivity (Wildman–Crippen MR) is 64.3 cm³/mol. The number of halogens is 3. The second kappa shape index (κ2) is 5.48. The molecule has 1 rings (SSSR count). The van der Waals surface area contributed by atoms with Gasteiger partial charge in [0.1, 0.15) is 0 Å². The van der Waals surface area contributed by atoms with Crippen LogP contribution >= 0.6 is 0 Å². The Morgan fingerprint density at radius 3 is 2.53 bits per heavy atom. The largest absolute Gasteiger partial charge is 0.438 e. The monoisotopic (exact) mass is 280 g/mol. The number of hydrogen-bond donors (Lipinski definition) is 1. The first-order valence-electron chi connectivity index (χ1n) is 6.33. The van der Waals surface area contributed by atoms with Crippen molar-refractivity contribution in [1.82, 2.24) is 5.01 Å². The summed E-state index contributed by atoms with van der Waals surface area (Å²) in [5, 5.41) is 13.7. The average molecular weight is 280 g/mol. The molecule has 4 nitrogen and oxygen atoms in total. The number of rotatable bonds is 4. The Hall–Kier alpha value is -1.11. The fourth-order valence-electron chi connectivity index (χ4n) is 1.83. The number of alkyl halides is 3. The minimum absolute atomic E-state index is 0.211. The van der Waals surface area contributed by atoms with Crippen molar-refractivity contribution in [2.45, 2.75) is 58.4 Å². The van der Waals surface area contributed by atoms with Gasteiger partial charge in [-0.25, -0.2) is 0 Å². The van der Waals surface area contributed by atoms with Crippen molar-refractivity contribution in [3.63, 3.8) is 0 Å². The highest BCUT2D eigenvalue weighted by molar-refractivity contribution is 5.91. The van der Waals surface area contributed by atoms with Crippen LogP contribution in [0, 0.1) is 5.92 Å². The lowest BCUT2D eigenvalue weighted by molar-refractivity contribution is -0.303. The third kappa shape index (κ3) is 3.08. The first-order valence-corrected chi connectivity index (χ1v) is 6.33. The van der Waals surface area contributed by atoms with Gasteiger partial charge >= 0.3 is 6.18 Å². The molecule has 0 fully saturated rings. The molecule has 0 aromatic rings. The lowest BCUT2D eigenvalue weighted by atomic mass is 10.0. The highest BCUT2D eigenvalue weighted by atomic mass is 19.4. The molecule has 1 heterocycles. The molecule has 19 heavy (non-hydrogen) atoms. The Morgan fingerprint density at radius 1 is 1.53 bits per heavy atom. The molecule has 0 saturated heterocycles. The van der Waals surface area contributed by atoms with Crippen LogP contribution in [0.2, 0.25) is 0 Å². The Balaban J connectivity index is 3.03. The van der Waals surface area contributed by atoms with Crippen LogP contribution in [-0.2, 0) is 4.79 Å². The van der Waals surface area contributed by atoms with Gasteiger partial charge in [-0.3, -0.25) is 4.79 Å². The van der Waals surface area contributed by atoms with Gasteiger partial charge in [-0.2, -0.15) is 23.3 Å². The molecule has 0 saturated carbocycles. The van der Waals surface area contributed by atoms with Gasteiger partial charge in [-0.05, 0) is 12.8 Å². The molecule has 110 valence electrons. The smallest absolute Gasteiger partial charge is 0.362 e. The number of carbonyl (C=O) groups is 1. The fourth-order valence-corrected chi connectivity index (χ4v) is 1.83. The van der Waals surface area contributed by atoms with E-state index in [1.54, 1.807) is 0 Å². The average Bonchev–Trinajstić information content (AvgIpc) is 2.63. The molecule has 0 radical (unpaired) electrons. The Bertz CT molecular complexity index is 380. The van der Waals surface area contributed by atoms with Gasteiger partial charge in [-0.15, -0.1) is 0 Å². The molecular weight excluding hydrogens is 261 g/mol. The van der Waals surface area contributed by atoms with Gasteiger partial charge in [0, 0.05) is 18.1 Å². The summed E-state index contributed by atoms with van der Waals surface area (Å²) in [7, 11) is 0. The first kappa shape index (κ1) is 15.9. The zero-order chi connectivity index (χ0) is 14.8. The predicted octanol–water partition coefficient (Wildman–Crippen LogP) is 2.67. The molecule has 0 bridgehead atoms. The van der Waals surface area contributed by atoms with E-state index >= 15 is 0 Å². The van der Waals surface area contributed by atoms with Gasteiger partial charge in [0.05, 0.1) is 0 Å². The van der Waals surface area contributed by atoms with Crippen molar-refractivity contribution >= 4 is 11.6 Å². The van der Waals surface area contributed by atoms with E-state index in [-0.39, 0.29) is 10.7 Å². The molecule has 1 amide bonds. The van der Waals surface area contributed by atoms with Gasteiger partial charge in [0.2, 0.25) is 5.91 Å². The van der Waals surface area contributed by atoms with Crippen LogP contribution in [0.15, 0.2) is 5.10 Å². The molecule has 0 spiro atoms. The van der Waals surface area contributed by atoms with Crippen molar-refractivity contribution in [2.75, 3.05) is 0 Å². The number of amides is 1. The molecule has 0 aromatic heterocycles. The molecule has 0 aromatic carbocycles. The minimum Gasteiger partial charge on any atom is -0.362 e. The maximum Gasteiger partial charge on any atom is 0.438 e. The second-order valence-corrected chi connectivity index (χ2v) is 5.07. The molecule has 1 atom stereocenters. The second-order valence-electron chi connectivity index (χ2n) is 5.07. The summed E-state index contributed by atoms with van der Waals surface area (Å²) in [5.41, 5.74) is -2.98. The fraction of sp³-hybridized carbons (Fsp3) is 0.833. The van der Waals surface area contributed by atoms with Crippen molar-refractivity contribution in [3.8, 4) is 0 Å². The van der Waals surface area contributed by atoms with Crippen LogP contribution in [0.3, 0.4) is 0 Å². The molecule has 0 aliphatic carbocycles. The number of nitrogens with zero attached hydrogens (tertiary/aromatic N) is 2.